The molecule has 5 nitrogen and oxygen atoms in total. The molecular formula is C67H61N4OPt-3. The van der Waals surface area contributed by atoms with Crippen LogP contribution in [0.5, 0.6) is 11.5 Å². The topological polar surface area (TPSA) is 33.5 Å². The van der Waals surface area contributed by atoms with Gasteiger partial charge in [0.15, 0.2) is 0 Å². The summed E-state index contributed by atoms with van der Waals surface area (Å²) < 4.78 is 61.7. The minimum Gasteiger partial charge on any atom is -0.509 e. The molecule has 0 bridgehead atoms. The number of pyridine rings is 1. The third kappa shape index (κ3) is 9.30. The molecule has 1 aliphatic heterocycles. The Balaban J connectivity index is 0.00000704. The van der Waals surface area contributed by atoms with Gasteiger partial charge in [-0.05, 0) is 116 Å². The van der Waals surface area contributed by atoms with Gasteiger partial charge in [0.2, 0.25) is 0 Å². The molecule has 0 unspecified atom stereocenters. The van der Waals surface area contributed by atoms with Crippen LogP contribution in [0.2, 0.25) is 0 Å². The van der Waals surface area contributed by atoms with E-state index < -0.39 is 13.7 Å². The van der Waals surface area contributed by atoms with Crippen molar-refractivity contribution in [2.45, 2.75) is 85.8 Å². The fraction of sp³-hybridized carbons (Fsp3) is 0.194. The molecule has 3 heterocycles. The molecule has 0 atom stereocenters. The number of benzene rings is 8. The van der Waals surface area contributed by atoms with Crippen LogP contribution in [0.4, 0.5) is 22.7 Å². The van der Waals surface area contributed by atoms with Crippen LogP contribution < -0.4 is 14.5 Å². The number of ether oxygens (including phenoxy) is 1. The minimum atomic E-state index is -2.58. The van der Waals surface area contributed by atoms with Crippen LogP contribution in [-0.4, -0.2) is 9.55 Å². The Morgan fingerprint density at radius 1 is 0.562 bits per heavy atom. The number of aryl methyl sites for hydroxylation is 2. The first kappa shape index (κ1) is 42.3. The molecule has 10 aromatic rings. The Morgan fingerprint density at radius 3 is 1.97 bits per heavy atom. The van der Waals surface area contributed by atoms with E-state index in [-0.39, 0.29) is 43.0 Å². The first-order valence-corrected chi connectivity index (χ1v) is 24.7. The van der Waals surface area contributed by atoms with Gasteiger partial charge in [0.25, 0.3) is 0 Å². The van der Waals surface area contributed by atoms with Gasteiger partial charge in [-0.2, -0.15) is 12.1 Å². The molecule has 368 valence electrons. The molecule has 0 fully saturated rings. The number of nitrogens with zero attached hydrogens (tertiary/aromatic N) is 4. The Morgan fingerprint density at radius 2 is 1.22 bits per heavy atom. The SMILES string of the molecule is [2H]C([2H])([2H])c1cc(C(C)(C)C)ccc1-c1ccc(-c2cccc(-c3ccc(C(C)C)cc3)c2N2[CH-]N(c3[c-]c(Oc4[c-]c5c(cc4)c4ccccc4n5-c4cc(C(C)(C)C)ccn4)ccc3)c3ccccc32)c(C([2H])([2H])[2H])c1.[Pt]. The second kappa shape index (κ2) is 19.3. The third-order valence-corrected chi connectivity index (χ3v) is 13.9. The monoisotopic (exact) mass is 1140 g/mol. The van der Waals surface area contributed by atoms with Crippen LogP contribution >= 0.6 is 0 Å². The molecule has 11 rings (SSSR count). The molecule has 0 N–H and O–H groups in total. The van der Waals surface area contributed by atoms with Crippen molar-refractivity contribution < 1.29 is 34.0 Å². The molecular weight excluding hydrogens is 1070 g/mol. The van der Waals surface area contributed by atoms with E-state index in [0.29, 0.717) is 39.7 Å². The summed E-state index contributed by atoms with van der Waals surface area (Å²) in [4.78, 5) is 9.07. The van der Waals surface area contributed by atoms with Crippen molar-refractivity contribution >= 4 is 44.6 Å². The van der Waals surface area contributed by atoms with Gasteiger partial charge < -0.3 is 19.1 Å². The molecule has 8 aromatic carbocycles. The summed E-state index contributed by atoms with van der Waals surface area (Å²) in [6, 6.07) is 63.1. The maximum atomic E-state index is 9.05. The van der Waals surface area contributed by atoms with Crippen molar-refractivity contribution in [1.82, 2.24) is 9.55 Å². The first-order valence-electron chi connectivity index (χ1n) is 27.7. The molecule has 73 heavy (non-hydrogen) atoms. The Kier molecular flexibility index (Phi) is 11.2. The third-order valence-electron chi connectivity index (χ3n) is 13.9. The zero-order valence-corrected chi connectivity index (χ0v) is 44.7. The van der Waals surface area contributed by atoms with Crippen LogP contribution in [0.25, 0.3) is 61.0 Å². The van der Waals surface area contributed by atoms with Crippen molar-refractivity contribution in [2.75, 3.05) is 9.80 Å². The molecule has 0 amide bonds. The van der Waals surface area contributed by atoms with Gasteiger partial charge >= 0.3 is 0 Å². The predicted octanol–water partition coefficient (Wildman–Crippen LogP) is 18.3. The normalized spacial score (nSPS) is 14.3. The molecule has 2 aromatic heterocycles. The molecule has 0 radical (unpaired) electrons. The van der Waals surface area contributed by atoms with Gasteiger partial charge in [-0.3, -0.25) is 0 Å². The van der Waals surface area contributed by atoms with Crippen LogP contribution in [0.1, 0.15) is 97.3 Å². The van der Waals surface area contributed by atoms with Crippen LogP contribution in [0.3, 0.4) is 0 Å². The number of rotatable bonds is 9. The molecule has 0 aliphatic carbocycles. The molecule has 1 aliphatic rings. The number of aromatic nitrogens is 2. The van der Waals surface area contributed by atoms with Crippen molar-refractivity contribution in [3.05, 3.63) is 223 Å². The van der Waals surface area contributed by atoms with Gasteiger partial charge in [-0.25, -0.2) is 4.98 Å². The van der Waals surface area contributed by atoms with Crippen LogP contribution in [0.15, 0.2) is 176 Å². The van der Waals surface area contributed by atoms with E-state index in [2.05, 4.69) is 134 Å². The quantitative estimate of drug-likeness (QED) is 0.135. The van der Waals surface area contributed by atoms with E-state index in [1.807, 2.05) is 119 Å². The van der Waals surface area contributed by atoms with Crippen LogP contribution in [-0.2, 0) is 31.9 Å². The van der Waals surface area contributed by atoms with E-state index in [1.165, 1.54) is 11.1 Å². The van der Waals surface area contributed by atoms with Gasteiger partial charge in [-0.15, -0.1) is 48.1 Å². The Bertz CT molecular complexity index is 3920. The summed E-state index contributed by atoms with van der Waals surface area (Å²) in [5, 5.41) is 2.13. The number of hydrogen-bond acceptors (Lipinski definition) is 4. The number of fused-ring (bicyclic) bond motifs is 4. The summed E-state index contributed by atoms with van der Waals surface area (Å²) in [5.74, 6) is 2.14. The van der Waals surface area contributed by atoms with Gasteiger partial charge in [0.05, 0.1) is 0 Å². The largest absolute Gasteiger partial charge is 0.509 e. The second-order valence-electron chi connectivity index (χ2n) is 21.2. The van der Waals surface area contributed by atoms with Crippen molar-refractivity contribution in [3.63, 3.8) is 0 Å². The van der Waals surface area contributed by atoms with E-state index in [1.54, 1.807) is 12.1 Å². The summed E-state index contributed by atoms with van der Waals surface area (Å²) in [6.07, 6.45) is 1.87. The summed E-state index contributed by atoms with van der Waals surface area (Å²) in [5.41, 5.74) is 12.3. The second-order valence-corrected chi connectivity index (χ2v) is 21.2. The van der Waals surface area contributed by atoms with E-state index in [4.69, 9.17) is 17.9 Å². The van der Waals surface area contributed by atoms with Crippen molar-refractivity contribution in [3.8, 4) is 50.7 Å². The van der Waals surface area contributed by atoms with E-state index >= 15 is 0 Å². The summed E-state index contributed by atoms with van der Waals surface area (Å²) >= 11 is 0. The van der Waals surface area contributed by atoms with Gasteiger partial charge in [-0.1, -0.05) is 170 Å². The van der Waals surface area contributed by atoms with E-state index in [0.717, 1.165) is 67.1 Å². The van der Waals surface area contributed by atoms with Crippen molar-refractivity contribution in [2.24, 2.45) is 0 Å². The maximum Gasteiger partial charge on any atom is 0.135 e. The van der Waals surface area contributed by atoms with Crippen molar-refractivity contribution in [1.29, 1.82) is 0 Å². The van der Waals surface area contributed by atoms with Gasteiger partial charge in [0, 0.05) is 80.7 Å². The van der Waals surface area contributed by atoms with E-state index in [9.17, 15) is 0 Å². The zero-order valence-electron chi connectivity index (χ0n) is 48.4. The summed E-state index contributed by atoms with van der Waals surface area (Å²) in [7, 11) is 0. The fourth-order valence-electron chi connectivity index (χ4n) is 9.93. The van der Waals surface area contributed by atoms with Gasteiger partial charge in [0.1, 0.15) is 5.82 Å². The molecule has 6 heteroatoms. The summed E-state index contributed by atoms with van der Waals surface area (Å²) in [6.45, 7) is 14.1. The Labute approximate surface area is 454 Å². The maximum absolute atomic E-state index is 9.05. The molecule has 0 saturated carbocycles. The molecule has 0 saturated heterocycles. The predicted molar refractivity (Wildman–Crippen MR) is 301 cm³/mol. The average molecular weight is 1140 g/mol. The number of hydrogen-bond donors (Lipinski definition) is 0. The molecule has 0 spiro atoms. The standard InChI is InChI=1S/C67H61N4O.Pt/c1-43(2)46-25-27-47(28-26-46)56-20-16-21-59(55-32-29-48(37-44(55)3)54-33-30-49(38-45(54)4)66(5,6)7)65(56)70-42-69(61-23-13-14-24-62(61)70)51-17-15-18-52(40-51)72-53-31-34-58-57-19-11-12-22-60(57)71(63(58)41-53)64-39-50(35-36-68-64)67(8,9)10;/h11-39,42-43H,1-10H3;/q-3;/i3D3,4D3;. The Hall–Kier alpha value is -7.20. The number of para-hydroxylation sites is 4. The number of anilines is 4. The zero-order chi connectivity index (χ0) is 55.1. The minimum absolute atomic E-state index is 0. The first-order chi connectivity index (χ1) is 37.0. The smallest absolute Gasteiger partial charge is 0.135 e. The van der Waals surface area contributed by atoms with Crippen LogP contribution in [0, 0.1) is 32.5 Å². The average Bonchev–Trinajstić information content (AvgIpc) is 4.19. The fourth-order valence-corrected chi connectivity index (χ4v) is 9.93.